The van der Waals surface area contributed by atoms with Crippen LogP contribution in [0.3, 0.4) is 0 Å². The molecule has 1 aromatic heterocycles. The third-order valence-corrected chi connectivity index (χ3v) is 2.33. The minimum Gasteiger partial charge on any atom is -0.480 e. The highest BCUT2D eigenvalue weighted by Gasteiger charge is 2.20. The van der Waals surface area contributed by atoms with Crippen LogP contribution in [0.15, 0.2) is 18.3 Å². The Morgan fingerprint density at radius 1 is 1.65 bits per heavy atom. The van der Waals surface area contributed by atoms with Crippen molar-refractivity contribution in [1.82, 2.24) is 9.88 Å². The quantitative estimate of drug-likeness (QED) is 0.737. The van der Waals surface area contributed by atoms with Crippen molar-refractivity contribution in [2.45, 2.75) is 25.9 Å². The van der Waals surface area contributed by atoms with E-state index in [1.165, 1.54) is 0 Å². The van der Waals surface area contributed by atoms with E-state index in [4.69, 9.17) is 11.5 Å². The second kappa shape index (κ2) is 5.75. The van der Waals surface area contributed by atoms with Gasteiger partial charge in [0.05, 0.1) is 0 Å². The lowest BCUT2D eigenvalue weighted by Gasteiger charge is -2.12. The van der Waals surface area contributed by atoms with Gasteiger partial charge >= 0.3 is 5.97 Å². The SMILES string of the molecule is C#CCC(NC(=O)c1cccn1CC)C(=O)O. The summed E-state index contributed by atoms with van der Waals surface area (Å²) < 4.78 is 1.73. The Labute approximate surface area is 99.4 Å². The Morgan fingerprint density at radius 2 is 2.35 bits per heavy atom. The maximum Gasteiger partial charge on any atom is 0.327 e. The van der Waals surface area contributed by atoms with Gasteiger partial charge in [0, 0.05) is 19.2 Å². The molecule has 1 rings (SSSR count). The van der Waals surface area contributed by atoms with E-state index in [-0.39, 0.29) is 6.42 Å². The number of aromatic nitrogens is 1. The van der Waals surface area contributed by atoms with Gasteiger partial charge in [-0.25, -0.2) is 4.79 Å². The van der Waals surface area contributed by atoms with Gasteiger partial charge in [-0.05, 0) is 19.1 Å². The number of carboxylic acids is 1. The van der Waals surface area contributed by atoms with E-state index >= 15 is 0 Å². The lowest BCUT2D eigenvalue weighted by Crippen LogP contribution is -2.41. The first kappa shape index (κ1) is 12.8. The van der Waals surface area contributed by atoms with Crippen LogP contribution in [0.2, 0.25) is 0 Å². The van der Waals surface area contributed by atoms with Gasteiger partial charge in [-0.2, -0.15) is 0 Å². The smallest absolute Gasteiger partial charge is 0.327 e. The molecule has 1 heterocycles. The van der Waals surface area contributed by atoms with E-state index in [0.717, 1.165) is 0 Å². The number of amides is 1. The average Bonchev–Trinajstić information content (AvgIpc) is 2.76. The molecule has 1 unspecified atom stereocenters. The molecule has 0 fully saturated rings. The number of nitrogens with one attached hydrogen (secondary N) is 1. The fourth-order valence-corrected chi connectivity index (χ4v) is 1.45. The van der Waals surface area contributed by atoms with E-state index in [9.17, 15) is 9.59 Å². The fraction of sp³-hybridized carbons (Fsp3) is 0.333. The van der Waals surface area contributed by atoms with Crippen LogP contribution in [-0.4, -0.2) is 27.6 Å². The minimum atomic E-state index is -1.13. The summed E-state index contributed by atoms with van der Waals surface area (Å²) in [6.07, 6.45) is 6.77. The van der Waals surface area contributed by atoms with Crippen molar-refractivity contribution in [2.75, 3.05) is 0 Å². The molecular formula is C12H14N2O3. The summed E-state index contributed by atoms with van der Waals surface area (Å²) in [5, 5.41) is 11.3. The number of aryl methyl sites for hydroxylation is 1. The third-order valence-electron chi connectivity index (χ3n) is 2.33. The number of aliphatic carboxylic acids is 1. The second-order valence-corrected chi connectivity index (χ2v) is 3.45. The van der Waals surface area contributed by atoms with Crippen LogP contribution in [0.25, 0.3) is 0 Å². The molecule has 0 saturated carbocycles. The first-order valence-corrected chi connectivity index (χ1v) is 5.22. The van der Waals surface area contributed by atoms with Crippen molar-refractivity contribution in [1.29, 1.82) is 0 Å². The number of hydrogen-bond donors (Lipinski definition) is 2. The van der Waals surface area contributed by atoms with Gasteiger partial charge < -0.3 is 15.0 Å². The molecule has 5 heteroatoms. The van der Waals surface area contributed by atoms with Crippen molar-refractivity contribution in [2.24, 2.45) is 0 Å². The second-order valence-electron chi connectivity index (χ2n) is 3.45. The van der Waals surface area contributed by atoms with Gasteiger partial charge in [-0.1, -0.05) is 0 Å². The summed E-state index contributed by atoms with van der Waals surface area (Å²) in [7, 11) is 0. The highest BCUT2D eigenvalue weighted by molar-refractivity contribution is 5.95. The van der Waals surface area contributed by atoms with Gasteiger partial charge in [-0.3, -0.25) is 4.79 Å². The molecule has 0 saturated heterocycles. The molecule has 1 atom stereocenters. The zero-order chi connectivity index (χ0) is 12.8. The average molecular weight is 234 g/mol. The van der Waals surface area contributed by atoms with E-state index in [1.54, 1.807) is 22.9 Å². The third kappa shape index (κ3) is 3.11. The molecule has 2 N–H and O–H groups in total. The Hall–Kier alpha value is -2.22. The van der Waals surface area contributed by atoms with Crippen molar-refractivity contribution < 1.29 is 14.7 Å². The lowest BCUT2D eigenvalue weighted by molar-refractivity contribution is -0.139. The number of hydrogen-bond acceptors (Lipinski definition) is 2. The number of nitrogens with zero attached hydrogens (tertiary/aromatic N) is 1. The highest BCUT2D eigenvalue weighted by Crippen LogP contribution is 2.03. The summed E-state index contributed by atoms with van der Waals surface area (Å²) in [6, 6.07) is 2.32. The zero-order valence-electron chi connectivity index (χ0n) is 9.51. The number of carboxylic acid groups (broad SMARTS) is 1. The maximum absolute atomic E-state index is 11.8. The largest absolute Gasteiger partial charge is 0.480 e. The van der Waals surface area contributed by atoms with Gasteiger partial charge in [0.1, 0.15) is 11.7 Å². The van der Waals surface area contributed by atoms with Crippen molar-refractivity contribution in [3.63, 3.8) is 0 Å². The molecule has 0 aliphatic carbocycles. The van der Waals surface area contributed by atoms with E-state index in [2.05, 4.69) is 11.2 Å². The Bertz CT molecular complexity index is 457. The van der Waals surface area contributed by atoms with Crippen LogP contribution in [0.4, 0.5) is 0 Å². The molecule has 0 radical (unpaired) electrons. The first-order valence-electron chi connectivity index (χ1n) is 5.22. The highest BCUT2D eigenvalue weighted by atomic mass is 16.4. The molecule has 0 bridgehead atoms. The van der Waals surface area contributed by atoms with Gasteiger partial charge in [0.2, 0.25) is 0 Å². The van der Waals surface area contributed by atoms with E-state index in [1.807, 2.05) is 6.92 Å². The predicted octanol–water partition coefficient (Wildman–Crippen LogP) is 0.714. The molecule has 90 valence electrons. The summed E-state index contributed by atoms with van der Waals surface area (Å²) >= 11 is 0. The molecule has 1 aromatic rings. The lowest BCUT2D eigenvalue weighted by atomic mass is 10.2. The zero-order valence-corrected chi connectivity index (χ0v) is 9.51. The summed E-state index contributed by atoms with van der Waals surface area (Å²) in [6.45, 7) is 2.54. The fourth-order valence-electron chi connectivity index (χ4n) is 1.45. The predicted molar refractivity (Wildman–Crippen MR) is 62.4 cm³/mol. The standard InChI is InChI=1S/C12H14N2O3/c1-3-6-9(12(16)17)13-11(15)10-7-5-8-14(10)4-2/h1,5,7-9H,4,6H2,2H3,(H,13,15)(H,16,17). The van der Waals surface area contributed by atoms with Gasteiger partial charge in [0.25, 0.3) is 5.91 Å². The minimum absolute atomic E-state index is 0.0338. The molecule has 0 aliphatic rings. The monoisotopic (exact) mass is 234 g/mol. The first-order chi connectivity index (χ1) is 8.10. The summed E-state index contributed by atoms with van der Waals surface area (Å²) in [4.78, 5) is 22.6. The molecule has 0 aromatic carbocycles. The van der Waals surface area contributed by atoms with Crippen molar-refractivity contribution >= 4 is 11.9 Å². The molecule has 5 nitrogen and oxygen atoms in total. The van der Waals surface area contributed by atoms with Crippen LogP contribution in [-0.2, 0) is 11.3 Å². The summed E-state index contributed by atoms with van der Waals surface area (Å²) in [5.74, 6) is 0.662. The molecule has 0 spiro atoms. The van der Waals surface area contributed by atoms with Crippen LogP contribution in [0, 0.1) is 12.3 Å². The van der Waals surface area contributed by atoms with E-state index < -0.39 is 17.9 Å². The molecule has 17 heavy (non-hydrogen) atoms. The van der Waals surface area contributed by atoms with Crippen LogP contribution < -0.4 is 5.32 Å². The molecule has 0 aliphatic heterocycles. The molecule has 1 amide bonds. The Morgan fingerprint density at radius 3 is 2.88 bits per heavy atom. The normalized spacial score (nSPS) is 11.5. The van der Waals surface area contributed by atoms with Crippen LogP contribution in [0.5, 0.6) is 0 Å². The number of carbonyl (C=O) groups is 2. The van der Waals surface area contributed by atoms with Crippen LogP contribution >= 0.6 is 0 Å². The van der Waals surface area contributed by atoms with Crippen molar-refractivity contribution in [3.05, 3.63) is 24.0 Å². The summed E-state index contributed by atoms with van der Waals surface area (Å²) in [5.41, 5.74) is 0.427. The Kier molecular flexibility index (Phi) is 4.35. The van der Waals surface area contributed by atoms with Crippen molar-refractivity contribution in [3.8, 4) is 12.3 Å². The van der Waals surface area contributed by atoms with Crippen LogP contribution in [0.1, 0.15) is 23.8 Å². The number of carbonyl (C=O) groups excluding carboxylic acids is 1. The topological polar surface area (TPSA) is 71.3 Å². The van der Waals surface area contributed by atoms with Gasteiger partial charge in [-0.15, -0.1) is 12.3 Å². The van der Waals surface area contributed by atoms with Gasteiger partial charge in [0.15, 0.2) is 0 Å². The number of terminal acetylenes is 1. The Balaban J connectivity index is 2.78. The van der Waals surface area contributed by atoms with E-state index in [0.29, 0.717) is 12.2 Å². The molecular weight excluding hydrogens is 220 g/mol. The maximum atomic E-state index is 11.8. The number of rotatable bonds is 5.